The van der Waals surface area contributed by atoms with Crippen LogP contribution in [0.4, 0.5) is 13.2 Å². The predicted molar refractivity (Wildman–Crippen MR) is 68.4 cm³/mol. The Morgan fingerprint density at radius 2 is 1.89 bits per heavy atom. The molecule has 1 heterocycles. The summed E-state index contributed by atoms with van der Waals surface area (Å²) >= 11 is 16.6. The summed E-state index contributed by atoms with van der Waals surface area (Å²) in [6.45, 7) is 0. The van der Waals surface area contributed by atoms with E-state index in [1.807, 2.05) is 0 Å². The van der Waals surface area contributed by atoms with Crippen LogP contribution in [0.1, 0.15) is 5.82 Å². The topological polar surface area (TPSA) is 22.8 Å². The molecule has 102 valence electrons. The highest BCUT2D eigenvalue weighted by atomic mass is 35.5. The lowest BCUT2D eigenvalue weighted by molar-refractivity contribution is -0.146. The summed E-state index contributed by atoms with van der Waals surface area (Å²) in [6.07, 6.45) is -4.65. The lowest BCUT2D eigenvalue weighted by Gasteiger charge is -2.10. The highest BCUT2D eigenvalue weighted by Gasteiger charge is 2.38. The van der Waals surface area contributed by atoms with Crippen molar-refractivity contribution in [2.45, 2.75) is 6.18 Å². The number of aryl methyl sites for hydroxylation is 1. The van der Waals surface area contributed by atoms with Crippen LogP contribution in [0.2, 0.25) is 10.0 Å². The van der Waals surface area contributed by atoms with Crippen molar-refractivity contribution in [3.05, 3.63) is 38.8 Å². The molecule has 0 unspecified atom stereocenters. The second-order valence-electron chi connectivity index (χ2n) is 3.66. The molecule has 0 spiro atoms. The smallest absolute Gasteiger partial charge is 0.263 e. The molecular weight excluding hydrogens is 322 g/mol. The summed E-state index contributed by atoms with van der Waals surface area (Å²) in [5, 5.41) is 3.72. The first-order chi connectivity index (χ1) is 8.71. The van der Waals surface area contributed by atoms with Gasteiger partial charge in [0.15, 0.2) is 0 Å². The maximum atomic E-state index is 12.9. The van der Waals surface area contributed by atoms with E-state index in [-0.39, 0.29) is 20.5 Å². The first kappa shape index (κ1) is 14.4. The Hall–Kier alpha value is -1.05. The van der Waals surface area contributed by atoms with Crippen molar-refractivity contribution in [3.63, 3.8) is 0 Å². The first-order valence-corrected chi connectivity index (χ1v) is 6.07. The van der Waals surface area contributed by atoms with Gasteiger partial charge in [-0.05, 0) is 30.4 Å². The third kappa shape index (κ3) is 2.63. The van der Waals surface area contributed by atoms with Gasteiger partial charge in [0.05, 0.1) is 10.7 Å². The Morgan fingerprint density at radius 1 is 1.26 bits per heavy atom. The van der Waals surface area contributed by atoms with Gasteiger partial charge in [-0.15, -0.1) is 5.10 Å². The molecular formula is C10H6Cl2F3N3S. The van der Waals surface area contributed by atoms with Crippen LogP contribution >= 0.6 is 35.4 Å². The lowest BCUT2D eigenvalue weighted by atomic mass is 10.3. The molecule has 1 aromatic heterocycles. The van der Waals surface area contributed by atoms with Gasteiger partial charge in [-0.2, -0.15) is 13.2 Å². The maximum absolute atomic E-state index is 12.9. The number of nitrogens with zero attached hydrogens (tertiary/aromatic N) is 3. The van der Waals surface area contributed by atoms with E-state index in [1.54, 1.807) is 0 Å². The fraction of sp³-hybridized carbons (Fsp3) is 0.200. The zero-order chi connectivity index (χ0) is 14.4. The van der Waals surface area contributed by atoms with Crippen molar-refractivity contribution < 1.29 is 13.2 Å². The standard InChI is InChI=1S/C10H6Cl2F3N3S/c1-17-9(19)18(8(16-17)10(13,14)15)7-4-5(11)2-3-6(7)12/h2-4H,1H3. The molecule has 3 nitrogen and oxygen atoms in total. The van der Waals surface area contributed by atoms with Crippen molar-refractivity contribution in [2.24, 2.45) is 7.05 Å². The summed E-state index contributed by atoms with van der Waals surface area (Å²) in [4.78, 5) is 0. The second kappa shape index (κ2) is 4.81. The average Bonchev–Trinajstić information content (AvgIpc) is 2.59. The van der Waals surface area contributed by atoms with E-state index in [4.69, 9.17) is 35.4 Å². The number of aromatic nitrogens is 3. The summed E-state index contributed by atoms with van der Waals surface area (Å²) in [5.74, 6) is -1.15. The molecule has 0 amide bonds. The van der Waals surface area contributed by atoms with Crippen LogP contribution in [0.15, 0.2) is 18.2 Å². The summed E-state index contributed by atoms with van der Waals surface area (Å²) in [6, 6.07) is 4.17. The molecule has 9 heteroatoms. The minimum absolute atomic E-state index is 0.0413. The van der Waals surface area contributed by atoms with E-state index in [0.29, 0.717) is 0 Å². The molecule has 1 aromatic carbocycles. The Labute approximate surface area is 121 Å². The molecule has 0 saturated heterocycles. The highest BCUT2D eigenvalue weighted by molar-refractivity contribution is 7.71. The van der Waals surface area contributed by atoms with Gasteiger partial charge >= 0.3 is 6.18 Å². The van der Waals surface area contributed by atoms with Crippen molar-refractivity contribution >= 4 is 35.4 Å². The fourth-order valence-electron chi connectivity index (χ4n) is 1.52. The lowest BCUT2D eigenvalue weighted by Crippen LogP contribution is -2.14. The van der Waals surface area contributed by atoms with Gasteiger partial charge in [0.1, 0.15) is 0 Å². The Bertz CT molecular complexity index is 690. The average molecular weight is 328 g/mol. The van der Waals surface area contributed by atoms with Crippen molar-refractivity contribution in [1.29, 1.82) is 0 Å². The van der Waals surface area contributed by atoms with Crippen molar-refractivity contribution in [1.82, 2.24) is 14.3 Å². The van der Waals surface area contributed by atoms with Crippen molar-refractivity contribution in [2.75, 3.05) is 0 Å². The summed E-state index contributed by atoms with van der Waals surface area (Å²) in [7, 11) is 1.33. The van der Waals surface area contributed by atoms with Gasteiger partial charge < -0.3 is 0 Å². The molecule has 0 aliphatic carbocycles. The van der Waals surface area contributed by atoms with Gasteiger partial charge in [0.2, 0.25) is 10.6 Å². The SMILES string of the molecule is Cn1nc(C(F)(F)F)n(-c2cc(Cl)ccc2Cl)c1=S. The van der Waals surface area contributed by atoms with E-state index < -0.39 is 12.0 Å². The van der Waals surface area contributed by atoms with E-state index in [1.165, 1.54) is 25.2 Å². The number of halogens is 5. The minimum Gasteiger partial charge on any atom is -0.263 e. The highest BCUT2D eigenvalue weighted by Crippen LogP contribution is 2.33. The number of hydrogen-bond acceptors (Lipinski definition) is 2. The van der Waals surface area contributed by atoms with Gasteiger partial charge in [0, 0.05) is 12.1 Å². The van der Waals surface area contributed by atoms with E-state index in [0.717, 1.165) is 9.25 Å². The third-order valence-electron chi connectivity index (χ3n) is 2.33. The number of benzene rings is 1. The number of alkyl halides is 3. The first-order valence-electron chi connectivity index (χ1n) is 4.90. The van der Waals surface area contributed by atoms with E-state index in [2.05, 4.69) is 5.10 Å². The maximum Gasteiger partial charge on any atom is 0.452 e. The molecule has 0 bridgehead atoms. The molecule has 0 aliphatic heterocycles. The van der Waals surface area contributed by atoms with Gasteiger partial charge in [-0.3, -0.25) is 4.57 Å². The predicted octanol–water partition coefficient (Wildman–Crippen LogP) is 4.27. The molecule has 0 atom stereocenters. The van der Waals surface area contributed by atoms with Crippen LogP contribution in [-0.4, -0.2) is 14.3 Å². The number of rotatable bonds is 1. The molecule has 0 N–H and O–H groups in total. The van der Waals surface area contributed by atoms with Crippen molar-refractivity contribution in [3.8, 4) is 5.69 Å². The fourth-order valence-corrected chi connectivity index (χ4v) is 2.12. The molecule has 0 fully saturated rings. The molecule has 0 aliphatic rings. The van der Waals surface area contributed by atoms with Crippen LogP contribution in [0.25, 0.3) is 5.69 Å². The van der Waals surface area contributed by atoms with E-state index in [9.17, 15) is 13.2 Å². The number of hydrogen-bond donors (Lipinski definition) is 0. The summed E-state index contributed by atoms with van der Waals surface area (Å²) < 4.78 is 40.4. The molecule has 0 radical (unpaired) electrons. The van der Waals surface area contributed by atoms with Gasteiger partial charge in [0.25, 0.3) is 0 Å². The monoisotopic (exact) mass is 327 g/mol. The molecule has 19 heavy (non-hydrogen) atoms. The molecule has 2 rings (SSSR count). The van der Waals surface area contributed by atoms with Crippen LogP contribution < -0.4 is 0 Å². The van der Waals surface area contributed by atoms with Crippen LogP contribution in [0.5, 0.6) is 0 Å². The minimum atomic E-state index is -4.65. The van der Waals surface area contributed by atoms with Crippen LogP contribution in [0.3, 0.4) is 0 Å². The van der Waals surface area contributed by atoms with Crippen LogP contribution in [0, 0.1) is 4.77 Å². The largest absolute Gasteiger partial charge is 0.452 e. The van der Waals surface area contributed by atoms with Crippen LogP contribution in [-0.2, 0) is 13.2 Å². The normalized spacial score (nSPS) is 11.9. The Kier molecular flexibility index (Phi) is 3.63. The Morgan fingerprint density at radius 3 is 2.47 bits per heavy atom. The molecule has 2 aromatic rings. The van der Waals surface area contributed by atoms with Gasteiger partial charge in [-0.1, -0.05) is 23.2 Å². The Balaban J connectivity index is 2.82. The van der Waals surface area contributed by atoms with E-state index >= 15 is 0 Å². The third-order valence-corrected chi connectivity index (χ3v) is 3.33. The second-order valence-corrected chi connectivity index (χ2v) is 4.87. The quantitative estimate of drug-likeness (QED) is 0.730. The zero-order valence-electron chi connectivity index (χ0n) is 9.37. The van der Waals surface area contributed by atoms with Gasteiger partial charge in [-0.25, -0.2) is 4.68 Å². The molecule has 0 saturated carbocycles. The zero-order valence-corrected chi connectivity index (χ0v) is 11.7. The summed E-state index contributed by atoms with van der Waals surface area (Å²) in [5.41, 5.74) is 0.0413.